The van der Waals surface area contributed by atoms with Crippen molar-refractivity contribution < 1.29 is 9.47 Å². The first-order valence-electron chi connectivity index (χ1n) is 4.30. The van der Waals surface area contributed by atoms with Gasteiger partial charge in [0.1, 0.15) is 0 Å². The number of hydrogen-bond acceptors (Lipinski definition) is 3. The van der Waals surface area contributed by atoms with Crippen LogP contribution in [0.2, 0.25) is 0 Å². The molecule has 0 saturated heterocycles. The molecule has 1 aromatic heterocycles. The van der Waals surface area contributed by atoms with Gasteiger partial charge in [0, 0.05) is 24.7 Å². The smallest absolute Gasteiger partial charge is 0.162 e. The molecule has 0 N–H and O–H groups in total. The quantitative estimate of drug-likeness (QED) is 0.725. The Balaban J connectivity index is 2.68. The summed E-state index contributed by atoms with van der Waals surface area (Å²) in [6.07, 6.45) is 1.94. The highest BCUT2D eigenvalue weighted by atomic mass is 16.5. The fourth-order valence-corrected chi connectivity index (χ4v) is 1.47. The molecule has 0 unspecified atom stereocenters. The summed E-state index contributed by atoms with van der Waals surface area (Å²) < 4.78 is 12.1. The van der Waals surface area contributed by atoms with Crippen molar-refractivity contribution in [1.29, 1.82) is 0 Å². The van der Waals surface area contributed by atoms with E-state index in [9.17, 15) is 0 Å². The van der Waals surface area contributed by atoms with Gasteiger partial charge in [-0.2, -0.15) is 5.10 Å². The number of ether oxygens (including phenoxy) is 2. The van der Waals surface area contributed by atoms with Crippen molar-refractivity contribution in [2.24, 2.45) is 7.05 Å². The molecule has 4 nitrogen and oxygen atoms in total. The van der Waals surface area contributed by atoms with Gasteiger partial charge in [0.05, 0.1) is 19.7 Å². The number of benzene rings is 1. The summed E-state index contributed by atoms with van der Waals surface area (Å²) in [5.74, 6) is 1.44. The van der Waals surface area contributed by atoms with Crippen LogP contribution >= 0.6 is 0 Å². The number of hydrogen-bond donors (Lipinski definition) is 0. The number of rotatable bonds is 2. The zero-order valence-corrected chi connectivity index (χ0v) is 8.44. The first kappa shape index (κ1) is 8.87. The van der Waals surface area contributed by atoms with Crippen LogP contribution in [0.4, 0.5) is 0 Å². The van der Waals surface area contributed by atoms with Gasteiger partial charge in [-0.3, -0.25) is 4.68 Å². The van der Waals surface area contributed by atoms with Crippen molar-refractivity contribution in [2.75, 3.05) is 14.2 Å². The highest BCUT2D eigenvalue weighted by Gasteiger charge is 2.07. The lowest BCUT2D eigenvalue weighted by Crippen LogP contribution is -1.89. The van der Waals surface area contributed by atoms with E-state index in [1.54, 1.807) is 18.9 Å². The molecule has 0 bridgehead atoms. The van der Waals surface area contributed by atoms with Crippen LogP contribution in [-0.4, -0.2) is 24.0 Å². The van der Waals surface area contributed by atoms with Crippen molar-refractivity contribution in [3.8, 4) is 11.5 Å². The van der Waals surface area contributed by atoms with Gasteiger partial charge in [-0.15, -0.1) is 0 Å². The Morgan fingerprint density at radius 3 is 2.43 bits per heavy atom. The molecular formula is C10H12N2O2. The second-order valence-corrected chi connectivity index (χ2v) is 3.07. The second-order valence-electron chi connectivity index (χ2n) is 3.07. The van der Waals surface area contributed by atoms with Gasteiger partial charge >= 0.3 is 0 Å². The molecule has 0 amide bonds. The number of nitrogens with zero attached hydrogens (tertiary/aromatic N) is 2. The van der Waals surface area contributed by atoms with E-state index in [1.807, 2.05) is 25.4 Å². The maximum Gasteiger partial charge on any atom is 0.162 e. The van der Waals surface area contributed by atoms with Crippen molar-refractivity contribution in [3.63, 3.8) is 0 Å². The lowest BCUT2D eigenvalue weighted by atomic mass is 10.2. The predicted octanol–water partition coefficient (Wildman–Crippen LogP) is 1.59. The van der Waals surface area contributed by atoms with Crippen LogP contribution in [0, 0.1) is 0 Å². The van der Waals surface area contributed by atoms with Crippen LogP contribution in [0.5, 0.6) is 11.5 Å². The number of aryl methyl sites for hydroxylation is 1. The molecular weight excluding hydrogens is 180 g/mol. The Labute approximate surface area is 82.0 Å². The Hall–Kier alpha value is -1.71. The fourth-order valence-electron chi connectivity index (χ4n) is 1.47. The summed E-state index contributed by atoms with van der Waals surface area (Å²) in [7, 11) is 5.13. The van der Waals surface area contributed by atoms with Crippen molar-refractivity contribution in [1.82, 2.24) is 9.78 Å². The van der Waals surface area contributed by atoms with E-state index < -0.39 is 0 Å². The third-order valence-electron chi connectivity index (χ3n) is 2.12. The van der Waals surface area contributed by atoms with Crippen LogP contribution in [-0.2, 0) is 7.05 Å². The molecule has 0 radical (unpaired) electrons. The highest BCUT2D eigenvalue weighted by molar-refractivity contribution is 5.82. The number of aromatic nitrogens is 2. The lowest BCUT2D eigenvalue weighted by molar-refractivity contribution is 0.356. The van der Waals surface area contributed by atoms with E-state index >= 15 is 0 Å². The summed E-state index contributed by atoms with van der Waals surface area (Å²) in [6, 6.07) is 3.79. The van der Waals surface area contributed by atoms with Gasteiger partial charge in [-0.25, -0.2) is 0 Å². The Morgan fingerprint density at radius 1 is 1.14 bits per heavy atom. The standard InChI is InChI=1S/C10H12N2O2/c1-12-6-7-4-9(13-2)10(14-3)5-8(7)11-12/h4-6H,1-3H3. The minimum absolute atomic E-state index is 0.707. The Bertz CT molecular complexity index is 421. The second kappa shape index (κ2) is 3.21. The Morgan fingerprint density at radius 2 is 1.79 bits per heavy atom. The largest absolute Gasteiger partial charge is 0.493 e. The molecule has 0 aliphatic carbocycles. The molecule has 1 heterocycles. The minimum Gasteiger partial charge on any atom is -0.493 e. The first-order valence-corrected chi connectivity index (χ1v) is 4.30. The average Bonchev–Trinajstić information content (AvgIpc) is 2.54. The summed E-state index contributed by atoms with van der Waals surface area (Å²) >= 11 is 0. The summed E-state index contributed by atoms with van der Waals surface area (Å²) in [6.45, 7) is 0. The van der Waals surface area contributed by atoms with Crippen LogP contribution in [0.1, 0.15) is 0 Å². The van der Waals surface area contributed by atoms with Gasteiger partial charge in [0.15, 0.2) is 11.5 Å². The Kier molecular flexibility index (Phi) is 2.04. The lowest BCUT2D eigenvalue weighted by Gasteiger charge is -2.05. The molecule has 2 aromatic rings. The zero-order valence-electron chi connectivity index (χ0n) is 8.44. The van der Waals surface area contributed by atoms with Crippen molar-refractivity contribution in [3.05, 3.63) is 18.3 Å². The van der Waals surface area contributed by atoms with Crippen LogP contribution in [0.15, 0.2) is 18.3 Å². The summed E-state index contributed by atoms with van der Waals surface area (Å²) in [4.78, 5) is 0. The summed E-state index contributed by atoms with van der Waals surface area (Å²) in [5, 5.41) is 5.32. The molecule has 74 valence electrons. The summed E-state index contributed by atoms with van der Waals surface area (Å²) in [5.41, 5.74) is 0.908. The van der Waals surface area contributed by atoms with Crippen LogP contribution in [0.3, 0.4) is 0 Å². The van der Waals surface area contributed by atoms with E-state index in [2.05, 4.69) is 5.10 Å². The third kappa shape index (κ3) is 1.28. The first-order chi connectivity index (χ1) is 6.74. The van der Waals surface area contributed by atoms with Crippen molar-refractivity contribution in [2.45, 2.75) is 0 Å². The van der Waals surface area contributed by atoms with E-state index in [1.165, 1.54) is 0 Å². The molecule has 4 heteroatoms. The molecule has 0 aliphatic rings. The predicted molar refractivity (Wildman–Crippen MR) is 53.8 cm³/mol. The SMILES string of the molecule is COc1cc2cn(C)nc2cc1OC. The van der Waals surface area contributed by atoms with E-state index in [-0.39, 0.29) is 0 Å². The van der Waals surface area contributed by atoms with E-state index in [4.69, 9.17) is 9.47 Å². The van der Waals surface area contributed by atoms with E-state index in [0.29, 0.717) is 5.75 Å². The maximum absolute atomic E-state index is 5.19. The van der Waals surface area contributed by atoms with Gasteiger partial charge in [-0.1, -0.05) is 0 Å². The number of fused-ring (bicyclic) bond motifs is 1. The molecule has 0 aliphatic heterocycles. The highest BCUT2D eigenvalue weighted by Crippen LogP contribution is 2.31. The van der Waals surface area contributed by atoms with Gasteiger partial charge in [0.25, 0.3) is 0 Å². The average molecular weight is 192 g/mol. The third-order valence-corrected chi connectivity index (χ3v) is 2.12. The molecule has 0 saturated carbocycles. The van der Waals surface area contributed by atoms with E-state index in [0.717, 1.165) is 16.7 Å². The zero-order chi connectivity index (χ0) is 10.1. The molecule has 14 heavy (non-hydrogen) atoms. The maximum atomic E-state index is 5.19. The monoisotopic (exact) mass is 192 g/mol. The van der Waals surface area contributed by atoms with Crippen molar-refractivity contribution >= 4 is 10.9 Å². The van der Waals surface area contributed by atoms with Gasteiger partial charge in [0.2, 0.25) is 0 Å². The molecule has 0 fully saturated rings. The molecule has 0 spiro atoms. The van der Waals surface area contributed by atoms with Gasteiger partial charge in [-0.05, 0) is 6.07 Å². The van der Waals surface area contributed by atoms with Gasteiger partial charge < -0.3 is 9.47 Å². The molecule has 1 aromatic carbocycles. The number of methoxy groups -OCH3 is 2. The normalized spacial score (nSPS) is 10.5. The topological polar surface area (TPSA) is 36.3 Å². The minimum atomic E-state index is 0.707. The fraction of sp³-hybridized carbons (Fsp3) is 0.300. The van der Waals surface area contributed by atoms with Crippen LogP contribution in [0.25, 0.3) is 10.9 Å². The molecule has 2 rings (SSSR count). The molecule has 0 atom stereocenters. The van der Waals surface area contributed by atoms with Crippen LogP contribution < -0.4 is 9.47 Å².